The third kappa shape index (κ3) is 7.08. The molecule has 0 saturated heterocycles. The molecule has 1 saturated carbocycles. The van der Waals surface area contributed by atoms with E-state index in [1.807, 2.05) is 20.8 Å². The van der Waals surface area contributed by atoms with Crippen molar-refractivity contribution in [1.82, 2.24) is 10.6 Å². The quantitative estimate of drug-likeness (QED) is 0.481. The lowest BCUT2D eigenvalue weighted by molar-refractivity contribution is 0.196. The Morgan fingerprint density at radius 2 is 2.11 bits per heavy atom. The van der Waals surface area contributed by atoms with Crippen molar-refractivity contribution in [2.45, 2.75) is 70.3 Å². The first kappa shape index (κ1) is 22.7. The number of benzene rings is 1. The summed E-state index contributed by atoms with van der Waals surface area (Å²) in [5.41, 5.74) is 0. The first-order valence-corrected chi connectivity index (χ1v) is 11.8. The lowest BCUT2D eigenvalue weighted by atomic mass is 9.95. The summed E-state index contributed by atoms with van der Waals surface area (Å²) in [5.74, 6) is 1.37. The van der Waals surface area contributed by atoms with Gasteiger partial charge in [0, 0.05) is 34.4 Å². The number of rotatable bonds is 9. The van der Waals surface area contributed by atoms with Gasteiger partial charge in [-0.05, 0) is 44.7 Å². The number of aliphatic imine (C=N–C) groups is 1. The van der Waals surface area contributed by atoms with E-state index in [1.54, 1.807) is 18.2 Å². The zero-order valence-electron chi connectivity index (χ0n) is 17.2. The van der Waals surface area contributed by atoms with Gasteiger partial charge in [0.15, 0.2) is 17.5 Å². The van der Waals surface area contributed by atoms with Crippen LogP contribution in [0.15, 0.2) is 29.3 Å². The number of hydrogen-bond acceptors (Lipinski definition) is 3. The molecular weight excluding hydrogens is 377 g/mol. The first-order valence-electron chi connectivity index (χ1n) is 10.4. The molecule has 0 radical (unpaired) electrons. The minimum absolute atomic E-state index is 0.195. The van der Waals surface area contributed by atoms with Crippen LogP contribution >= 0.6 is 0 Å². The van der Waals surface area contributed by atoms with Crippen molar-refractivity contribution in [2.24, 2.45) is 4.99 Å². The standard InChI is InChI=1S/C21H34FN3O2S/c1-4-17(27-20-13-8-7-12-19(20)22)15-24-21(23-5-2)25-16-10-9-11-18(14-16)28(26)6-3/h7-8,12-13,16-18H,4-6,9-11,14-15H2,1-3H3,(H2,23,24,25). The number of guanidine groups is 1. The third-order valence-electron chi connectivity index (χ3n) is 5.01. The molecule has 0 aromatic heterocycles. The SMILES string of the molecule is CCNC(=NCC(CC)Oc1ccccc1F)NC1CCCC(S(=O)CC)C1. The van der Waals surface area contributed by atoms with E-state index in [4.69, 9.17) is 4.74 Å². The fraction of sp³-hybridized carbons (Fsp3) is 0.667. The number of para-hydroxylation sites is 1. The summed E-state index contributed by atoms with van der Waals surface area (Å²) >= 11 is 0. The maximum absolute atomic E-state index is 13.8. The van der Waals surface area contributed by atoms with Gasteiger partial charge in [0.1, 0.15) is 6.10 Å². The molecule has 1 aliphatic carbocycles. The fourth-order valence-corrected chi connectivity index (χ4v) is 4.77. The molecule has 0 spiro atoms. The summed E-state index contributed by atoms with van der Waals surface area (Å²) in [6.45, 7) is 7.22. The van der Waals surface area contributed by atoms with Crippen LogP contribution in [0, 0.1) is 5.82 Å². The highest BCUT2D eigenvalue weighted by Crippen LogP contribution is 2.23. The minimum Gasteiger partial charge on any atom is -0.485 e. The van der Waals surface area contributed by atoms with E-state index in [-0.39, 0.29) is 29.0 Å². The monoisotopic (exact) mass is 411 g/mol. The van der Waals surface area contributed by atoms with Gasteiger partial charge in [0.05, 0.1) is 6.54 Å². The van der Waals surface area contributed by atoms with Crippen LogP contribution in [0.5, 0.6) is 5.75 Å². The maximum atomic E-state index is 13.8. The molecule has 0 heterocycles. The Balaban J connectivity index is 1.96. The molecule has 1 aromatic rings. The lowest BCUT2D eigenvalue weighted by Crippen LogP contribution is -2.47. The van der Waals surface area contributed by atoms with Gasteiger partial charge < -0.3 is 15.4 Å². The van der Waals surface area contributed by atoms with Gasteiger partial charge in [0.25, 0.3) is 0 Å². The number of hydrogen-bond donors (Lipinski definition) is 2. The Labute approximate surface area is 171 Å². The smallest absolute Gasteiger partial charge is 0.191 e. The highest BCUT2D eigenvalue weighted by atomic mass is 32.2. The molecule has 0 amide bonds. The highest BCUT2D eigenvalue weighted by Gasteiger charge is 2.26. The summed E-state index contributed by atoms with van der Waals surface area (Å²) in [6, 6.07) is 6.73. The second-order valence-corrected chi connectivity index (χ2v) is 9.10. The molecule has 4 unspecified atom stereocenters. The average Bonchev–Trinajstić information content (AvgIpc) is 2.72. The highest BCUT2D eigenvalue weighted by molar-refractivity contribution is 7.85. The molecule has 1 aromatic carbocycles. The van der Waals surface area contributed by atoms with E-state index >= 15 is 0 Å². The Morgan fingerprint density at radius 3 is 2.79 bits per heavy atom. The summed E-state index contributed by atoms with van der Waals surface area (Å²) in [4.78, 5) is 4.67. The molecular formula is C21H34FN3O2S. The van der Waals surface area contributed by atoms with Crippen LogP contribution in [-0.2, 0) is 10.8 Å². The van der Waals surface area contributed by atoms with E-state index in [2.05, 4.69) is 15.6 Å². The third-order valence-corrected chi connectivity index (χ3v) is 6.75. The predicted molar refractivity (Wildman–Crippen MR) is 115 cm³/mol. The van der Waals surface area contributed by atoms with Crippen molar-refractivity contribution in [3.05, 3.63) is 30.1 Å². The van der Waals surface area contributed by atoms with Crippen molar-refractivity contribution in [3.8, 4) is 5.75 Å². The summed E-state index contributed by atoms with van der Waals surface area (Å²) < 4.78 is 31.8. The van der Waals surface area contributed by atoms with Crippen molar-refractivity contribution >= 4 is 16.8 Å². The van der Waals surface area contributed by atoms with Gasteiger partial charge in [0.2, 0.25) is 0 Å². The molecule has 2 N–H and O–H groups in total. The van der Waals surface area contributed by atoms with Crippen LogP contribution in [0.25, 0.3) is 0 Å². The molecule has 1 fully saturated rings. The molecule has 2 rings (SSSR count). The number of nitrogens with zero attached hydrogens (tertiary/aromatic N) is 1. The molecule has 5 nitrogen and oxygen atoms in total. The van der Waals surface area contributed by atoms with Gasteiger partial charge in [-0.3, -0.25) is 4.21 Å². The Hall–Kier alpha value is -1.63. The predicted octanol–water partition coefficient (Wildman–Crippen LogP) is 3.62. The van der Waals surface area contributed by atoms with Crippen LogP contribution in [0.2, 0.25) is 0 Å². The average molecular weight is 412 g/mol. The van der Waals surface area contributed by atoms with Crippen LogP contribution in [0.1, 0.15) is 52.9 Å². The number of nitrogens with one attached hydrogen (secondary N) is 2. The fourth-order valence-electron chi connectivity index (χ4n) is 3.43. The summed E-state index contributed by atoms with van der Waals surface area (Å²) in [5, 5.41) is 7.04. The number of halogens is 1. The summed E-state index contributed by atoms with van der Waals surface area (Å²) in [6.07, 6.45) is 4.64. The van der Waals surface area contributed by atoms with E-state index in [1.165, 1.54) is 6.07 Å². The van der Waals surface area contributed by atoms with Crippen LogP contribution in [0.3, 0.4) is 0 Å². The van der Waals surface area contributed by atoms with Gasteiger partial charge in [-0.2, -0.15) is 0 Å². The lowest BCUT2D eigenvalue weighted by Gasteiger charge is -2.30. The van der Waals surface area contributed by atoms with E-state index in [0.717, 1.165) is 50.4 Å². The van der Waals surface area contributed by atoms with Gasteiger partial charge in [-0.25, -0.2) is 9.38 Å². The Bertz CT molecular complexity index is 656. The first-order chi connectivity index (χ1) is 13.6. The topological polar surface area (TPSA) is 62.7 Å². The van der Waals surface area contributed by atoms with Crippen LogP contribution < -0.4 is 15.4 Å². The second-order valence-electron chi connectivity index (χ2n) is 7.10. The van der Waals surface area contributed by atoms with Gasteiger partial charge >= 0.3 is 0 Å². The molecule has 28 heavy (non-hydrogen) atoms. The van der Waals surface area contributed by atoms with Crippen molar-refractivity contribution in [2.75, 3.05) is 18.8 Å². The van der Waals surface area contributed by atoms with Crippen molar-refractivity contribution in [3.63, 3.8) is 0 Å². The van der Waals surface area contributed by atoms with Crippen molar-refractivity contribution in [1.29, 1.82) is 0 Å². The van der Waals surface area contributed by atoms with Crippen LogP contribution in [-0.4, -0.2) is 46.4 Å². The van der Waals surface area contributed by atoms with Crippen LogP contribution in [0.4, 0.5) is 4.39 Å². The number of ether oxygens (including phenoxy) is 1. The Morgan fingerprint density at radius 1 is 1.32 bits per heavy atom. The molecule has 7 heteroatoms. The normalized spacial score (nSPS) is 22.4. The molecule has 0 aliphatic heterocycles. The largest absolute Gasteiger partial charge is 0.485 e. The van der Waals surface area contributed by atoms with Crippen molar-refractivity contribution < 1.29 is 13.3 Å². The van der Waals surface area contributed by atoms with Gasteiger partial charge in [-0.15, -0.1) is 0 Å². The second kappa shape index (κ2) is 12.0. The van der Waals surface area contributed by atoms with E-state index in [0.29, 0.717) is 6.54 Å². The van der Waals surface area contributed by atoms with E-state index < -0.39 is 10.8 Å². The molecule has 1 aliphatic rings. The molecule has 158 valence electrons. The zero-order chi connectivity index (χ0) is 20.4. The zero-order valence-corrected chi connectivity index (χ0v) is 18.1. The van der Waals surface area contributed by atoms with Gasteiger partial charge in [-0.1, -0.05) is 32.4 Å². The minimum atomic E-state index is -0.746. The molecule has 0 bridgehead atoms. The summed E-state index contributed by atoms with van der Waals surface area (Å²) in [7, 11) is -0.746. The maximum Gasteiger partial charge on any atom is 0.191 e. The molecule has 4 atom stereocenters. The van der Waals surface area contributed by atoms with E-state index in [9.17, 15) is 8.60 Å². The Kier molecular flexibility index (Phi) is 9.75.